The van der Waals surface area contributed by atoms with E-state index in [1.807, 2.05) is 0 Å². The highest BCUT2D eigenvalue weighted by atomic mass is 79.9. The number of halogens is 1. The first-order valence-electron chi connectivity index (χ1n) is 6.14. The molecule has 1 aromatic carbocycles. The smallest absolute Gasteiger partial charge is 0.327 e. The third-order valence-electron chi connectivity index (χ3n) is 2.72. The third-order valence-corrected chi connectivity index (χ3v) is 3.31. The molecule has 0 spiro atoms. The lowest BCUT2D eigenvalue weighted by molar-refractivity contribution is -0.144. The van der Waals surface area contributed by atoms with Gasteiger partial charge in [-0.1, -0.05) is 0 Å². The molecule has 0 aromatic heterocycles. The summed E-state index contributed by atoms with van der Waals surface area (Å²) in [7, 11) is 0. The van der Waals surface area contributed by atoms with E-state index in [1.165, 1.54) is 0 Å². The summed E-state index contributed by atoms with van der Waals surface area (Å²) < 4.78 is 16.8. The second-order valence-electron chi connectivity index (χ2n) is 4.11. The second kappa shape index (κ2) is 6.25. The quantitative estimate of drug-likeness (QED) is 0.860. The SMILES string of the molecule is CCOC(=O)C(N)c1cc(Br)c2c(c1)OCCCO2. The maximum Gasteiger partial charge on any atom is 0.327 e. The van der Waals surface area contributed by atoms with Crippen molar-refractivity contribution < 1.29 is 19.0 Å². The van der Waals surface area contributed by atoms with Crippen molar-refractivity contribution in [2.24, 2.45) is 5.73 Å². The first-order valence-corrected chi connectivity index (χ1v) is 6.94. The molecule has 0 saturated heterocycles. The maximum atomic E-state index is 11.7. The summed E-state index contributed by atoms with van der Waals surface area (Å²) in [5.74, 6) is 0.794. The molecule has 2 N–H and O–H groups in total. The molecule has 1 aromatic rings. The minimum absolute atomic E-state index is 0.304. The summed E-state index contributed by atoms with van der Waals surface area (Å²) in [6.45, 7) is 3.24. The van der Waals surface area contributed by atoms with Crippen LogP contribution in [0.3, 0.4) is 0 Å². The fraction of sp³-hybridized carbons (Fsp3) is 0.462. The molecule has 1 atom stereocenters. The highest BCUT2D eigenvalue weighted by Crippen LogP contribution is 2.39. The van der Waals surface area contributed by atoms with Crippen molar-refractivity contribution in [1.29, 1.82) is 0 Å². The lowest BCUT2D eigenvalue weighted by atomic mass is 10.1. The number of esters is 1. The van der Waals surface area contributed by atoms with Gasteiger partial charge in [0.05, 0.1) is 24.3 Å². The van der Waals surface area contributed by atoms with Crippen molar-refractivity contribution in [2.75, 3.05) is 19.8 Å². The number of benzene rings is 1. The van der Waals surface area contributed by atoms with Gasteiger partial charge in [0.1, 0.15) is 6.04 Å². The Balaban J connectivity index is 2.30. The Morgan fingerprint density at radius 2 is 2.21 bits per heavy atom. The number of ether oxygens (including phenoxy) is 3. The maximum absolute atomic E-state index is 11.7. The van der Waals surface area contributed by atoms with Gasteiger partial charge in [0.25, 0.3) is 0 Å². The summed E-state index contributed by atoms with van der Waals surface area (Å²) in [4.78, 5) is 11.7. The molecule has 5 nitrogen and oxygen atoms in total. The number of carbonyl (C=O) groups excluding carboxylic acids is 1. The van der Waals surface area contributed by atoms with Gasteiger partial charge < -0.3 is 19.9 Å². The van der Waals surface area contributed by atoms with Crippen molar-refractivity contribution in [3.8, 4) is 11.5 Å². The molecule has 0 bridgehead atoms. The molecule has 0 fully saturated rings. The van der Waals surface area contributed by atoms with Crippen LogP contribution in [-0.4, -0.2) is 25.8 Å². The Bertz CT molecular complexity index is 478. The Morgan fingerprint density at radius 3 is 2.95 bits per heavy atom. The van der Waals surface area contributed by atoms with Crippen LogP contribution < -0.4 is 15.2 Å². The van der Waals surface area contributed by atoms with Crippen LogP contribution in [0.5, 0.6) is 11.5 Å². The Hall–Kier alpha value is -1.27. The van der Waals surface area contributed by atoms with E-state index >= 15 is 0 Å². The molecule has 2 rings (SSSR count). The minimum Gasteiger partial charge on any atom is -0.490 e. The van der Waals surface area contributed by atoms with Crippen LogP contribution in [-0.2, 0) is 9.53 Å². The molecule has 19 heavy (non-hydrogen) atoms. The van der Waals surface area contributed by atoms with E-state index in [2.05, 4.69) is 15.9 Å². The van der Waals surface area contributed by atoms with Crippen molar-refractivity contribution in [3.05, 3.63) is 22.2 Å². The zero-order valence-corrected chi connectivity index (χ0v) is 12.2. The fourth-order valence-corrected chi connectivity index (χ4v) is 2.37. The van der Waals surface area contributed by atoms with Crippen LogP contribution in [0.25, 0.3) is 0 Å². The molecular formula is C13H16BrNO4. The summed E-state index contributed by atoms with van der Waals surface area (Å²) >= 11 is 3.41. The van der Waals surface area contributed by atoms with E-state index in [9.17, 15) is 4.79 Å². The Kier molecular flexibility index (Phi) is 4.66. The number of hydrogen-bond donors (Lipinski definition) is 1. The molecule has 1 aliphatic heterocycles. The van der Waals surface area contributed by atoms with Crippen molar-refractivity contribution >= 4 is 21.9 Å². The Labute approximate surface area is 120 Å². The van der Waals surface area contributed by atoms with Gasteiger partial charge in [0.2, 0.25) is 0 Å². The molecular weight excluding hydrogens is 314 g/mol. The van der Waals surface area contributed by atoms with E-state index in [4.69, 9.17) is 19.9 Å². The molecule has 1 aliphatic rings. The molecule has 0 radical (unpaired) electrons. The van der Waals surface area contributed by atoms with E-state index in [1.54, 1.807) is 19.1 Å². The summed E-state index contributed by atoms with van der Waals surface area (Å²) in [6, 6.07) is 2.66. The number of rotatable bonds is 3. The van der Waals surface area contributed by atoms with Gasteiger partial charge in [-0.15, -0.1) is 0 Å². The van der Waals surface area contributed by atoms with Crippen LogP contribution in [0.4, 0.5) is 0 Å². The number of fused-ring (bicyclic) bond motifs is 1. The topological polar surface area (TPSA) is 70.8 Å². The largest absolute Gasteiger partial charge is 0.490 e. The zero-order chi connectivity index (χ0) is 13.8. The van der Waals surface area contributed by atoms with Gasteiger partial charge in [0.15, 0.2) is 11.5 Å². The highest BCUT2D eigenvalue weighted by Gasteiger charge is 2.22. The lowest BCUT2D eigenvalue weighted by Crippen LogP contribution is -2.23. The molecule has 1 heterocycles. The average Bonchev–Trinajstić information content (AvgIpc) is 2.63. The Morgan fingerprint density at radius 1 is 1.47 bits per heavy atom. The van der Waals surface area contributed by atoms with Crippen LogP contribution >= 0.6 is 15.9 Å². The standard InChI is InChI=1S/C13H16BrNO4/c1-2-17-13(16)11(15)8-6-9(14)12-10(7-8)18-4-3-5-19-12/h6-7,11H,2-5,15H2,1H3. The molecule has 104 valence electrons. The second-order valence-corrected chi connectivity index (χ2v) is 4.96. The monoisotopic (exact) mass is 329 g/mol. The number of carbonyl (C=O) groups is 1. The van der Waals surface area contributed by atoms with E-state index in [-0.39, 0.29) is 0 Å². The van der Waals surface area contributed by atoms with Crippen LogP contribution in [0.1, 0.15) is 24.9 Å². The first kappa shape index (κ1) is 14.1. The minimum atomic E-state index is -0.826. The summed E-state index contributed by atoms with van der Waals surface area (Å²) in [6.07, 6.45) is 0.820. The number of hydrogen-bond acceptors (Lipinski definition) is 5. The number of nitrogens with two attached hydrogens (primary N) is 1. The van der Waals surface area contributed by atoms with Gasteiger partial charge in [-0.2, -0.15) is 0 Å². The third kappa shape index (κ3) is 3.19. The predicted molar refractivity (Wildman–Crippen MR) is 73.3 cm³/mol. The molecule has 0 saturated carbocycles. The van der Waals surface area contributed by atoms with E-state index in [0.29, 0.717) is 36.9 Å². The van der Waals surface area contributed by atoms with E-state index < -0.39 is 12.0 Å². The molecule has 6 heteroatoms. The first-order chi connectivity index (χ1) is 9.13. The molecule has 0 amide bonds. The lowest BCUT2D eigenvalue weighted by Gasteiger charge is -2.15. The van der Waals surface area contributed by atoms with Crippen LogP contribution in [0.2, 0.25) is 0 Å². The van der Waals surface area contributed by atoms with Crippen LogP contribution in [0.15, 0.2) is 16.6 Å². The predicted octanol–water partition coefficient (Wildman–Crippen LogP) is 2.17. The average molecular weight is 330 g/mol. The van der Waals surface area contributed by atoms with Gasteiger partial charge in [-0.05, 0) is 40.5 Å². The fourth-order valence-electron chi connectivity index (χ4n) is 1.80. The van der Waals surface area contributed by atoms with Gasteiger partial charge in [-0.3, -0.25) is 0 Å². The molecule has 0 aliphatic carbocycles. The van der Waals surface area contributed by atoms with Gasteiger partial charge in [-0.25, -0.2) is 4.79 Å². The van der Waals surface area contributed by atoms with Crippen LogP contribution in [0, 0.1) is 0 Å². The van der Waals surface area contributed by atoms with Crippen molar-refractivity contribution in [3.63, 3.8) is 0 Å². The van der Waals surface area contributed by atoms with Crippen molar-refractivity contribution in [1.82, 2.24) is 0 Å². The zero-order valence-electron chi connectivity index (χ0n) is 10.6. The van der Waals surface area contributed by atoms with E-state index in [0.717, 1.165) is 10.9 Å². The summed E-state index contributed by atoms with van der Waals surface area (Å²) in [5.41, 5.74) is 6.51. The highest BCUT2D eigenvalue weighted by molar-refractivity contribution is 9.10. The van der Waals surface area contributed by atoms with Crippen molar-refractivity contribution in [2.45, 2.75) is 19.4 Å². The summed E-state index contributed by atoms with van der Waals surface area (Å²) in [5, 5.41) is 0. The molecule has 1 unspecified atom stereocenters. The van der Waals surface area contributed by atoms with Gasteiger partial charge in [0, 0.05) is 6.42 Å². The normalized spacial score (nSPS) is 15.5. The van der Waals surface area contributed by atoms with Gasteiger partial charge >= 0.3 is 5.97 Å².